The number of amides is 1. The Balaban J connectivity index is 1.91. The number of carbonyl (C=O) groups is 1. The molecule has 2 bridgehead atoms. The fraction of sp³-hybridized carbons (Fsp3) is 0.500. The highest BCUT2D eigenvalue weighted by molar-refractivity contribution is 9.10. The van der Waals surface area contributed by atoms with Crippen molar-refractivity contribution in [1.29, 1.82) is 0 Å². The van der Waals surface area contributed by atoms with E-state index in [1.807, 2.05) is 4.90 Å². The van der Waals surface area contributed by atoms with E-state index in [1.54, 1.807) is 12.1 Å². The first-order chi connectivity index (χ1) is 9.08. The third-order valence-corrected chi connectivity index (χ3v) is 5.65. The Kier molecular flexibility index (Phi) is 3.69. The van der Waals surface area contributed by atoms with Crippen molar-refractivity contribution in [2.75, 3.05) is 0 Å². The molecule has 2 aliphatic heterocycles. The van der Waals surface area contributed by atoms with Crippen LogP contribution in [0, 0.1) is 5.82 Å². The summed E-state index contributed by atoms with van der Waals surface area (Å²) in [5, 5.41) is 0. The van der Waals surface area contributed by atoms with Gasteiger partial charge >= 0.3 is 0 Å². The normalized spacial score (nSPS) is 29.6. The van der Waals surface area contributed by atoms with Crippen LogP contribution in [-0.4, -0.2) is 27.7 Å². The Labute approximate surface area is 128 Å². The van der Waals surface area contributed by atoms with Crippen molar-refractivity contribution in [2.24, 2.45) is 0 Å². The van der Waals surface area contributed by atoms with E-state index in [-0.39, 0.29) is 16.2 Å². The van der Waals surface area contributed by atoms with Crippen LogP contribution in [0.25, 0.3) is 0 Å². The number of piperidine rings is 1. The van der Waals surface area contributed by atoms with Crippen molar-refractivity contribution in [3.05, 3.63) is 34.1 Å². The molecule has 2 aliphatic rings. The number of fused-ring (bicyclic) bond motifs is 2. The van der Waals surface area contributed by atoms with Crippen LogP contribution in [0.1, 0.15) is 36.0 Å². The summed E-state index contributed by atoms with van der Waals surface area (Å²) in [6, 6.07) is 5.23. The highest BCUT2D eigenvalue weighted by Gasteiger charge is 2.43. The minimum atomic E-state index is -0.381. The molecule has 5 heteroatoms. The topological polar surface area (TPSA) is 20.3 Å². The van der Waals surface area contributed by atoms with Crippen molar-refractivity contribution >= 4 is 37.8 Å². The van der Waals surface area contributed by atoms with Gasteiger partial charge in [0.15, 0.2) is 0 Å². The Morgan fingerprint density at radius 3 is 2.53 bits per heavy atom. The molecule has 0 saturated carbocycles. The molecule has 2 atom stereocenters. The lowest BCUT2D eigenvalue weighted by Gasteiger charge is -2.37. The summed E-state index contributed by atoms with van der Waals surface area (Å²) in [6.07, 6.45) is 4.11. The summed E-state index contributed by atoms with van der Waals surface area (Å²) in [6.45, 7) is 0. The molecule has 0 N–H and O–H groups in total. The van der Waals surface area contributed by atoms with Crippen LogP contribution in [-0.2, 0) is 0 Å². The van der Waals surface area contributed by atoms with E-state index in [0.717, 1.165) is 25.7 Å². The fourth-order valence-corrected chi connectivity index (χ4v) is 4.55. The van der Waals surface area contributed by atoms with Crippen molar-refractivity contribution in [2.45, 2.75) is 42.6 Å². The van der Waals surface area contributed by atoms with Crippen LogP contribution in [0.3, 0.4) is 0 Å². The molecule has 0 aromatic heterocycles. The van der Waals surface area contributed by atoms with Gasteiger partial charge in [-0.05, 0) is 53.7 Å². The smallest absolute Gasteiger partial charge is 0.255 e. The molecule has 2 unspecified atom stereocenters. The zero-order valence-electron chi connectivity index (χ0n) is 10.3. The van der Waals surface area contributed by atoms with Gasteiger partial charge in [0, 0.05) is 16.9 Å². The predicted molar refractivity (Wildman–Crippen MR) is 79.0 cm³/mol. The number of rotatable bonds is 1. The van der Waals surface area contributed by atoms with Gasteiger partial charge in [0.05, 0.1) is 10.0 Å². The molecule has 102 valence electrons. The minimum absolute atomic E-state index is 0.0433. The van der Waals surface area contributed by atoms with Crippen molar-refractivity contribution < 1.29 is 9.18 Å². The van der Waals surface area contributed by atoms with E-state index in [0.29, 0.717) is 22.5 Å². The number of carbonyl (C=O) groups excluding carboxylic acids is 1. The summed E-state index contributed by atoms with van der Waals surface area (Å²) in [4.78, 5) is 15.1. The van der Waals surface area contributed by atoms with Crippen LogP contribution >= 0.6 is 31.9 Å². The number of nitrogens with zero attached hydrogens (tertiary/aromatic N) is 1. The maximum absolute atomic E-state index is 13.6. The van der Waals surface area contributed by atoms with Gasteiger partial charge in [0.1, 0.15) is 5.82 Å². The summed E-state index contributed by atoms with van der Waals surface area (Å²) >= 11 is 6.85. The zero-order valence-corrected chi connectivity index (χ0v) is 13.5. The number of hydrogen-bond donors (Lipinski definition) is 0. The molecule has 1 amide bonds. The monoisotopic (exact) mass is 389 g/mol. The second kappa shape index (κ2) is 5.17. The zero-order chi connectivity index (χ0) is 13.6. The van der Waals surface area contributed by atoms with E-state index in [1.165, 1.54) is 6.07 Å². The molecule has 1 aromatic carbocycles. The molecule has 2 fully saturated rings. The molecule has 0 radical (unpaired) electrons. The molecular weight excluding hydrogens is 377 g/mol. The number of benzene rings is 1. The standard InChI is InChI=1S/C14H14Br2FNO/c15-8-6-9-4-5-10(7-8)18(9)14(19)11-2-1-3-12(17)13(11)16/h1-3,8-10H,4-7H2. The van der Waals surface area contributed by atoms with Crippen molar-refractivity contribution in [1.82, 2.24) is 4.90 Å². The average Bonchev–Trinajstić information content (AvgIpc) is 2.64. The molecule has 19 heavy (non-hydrogen) atoms. The largest absolute Gasteiger partial charge is 0.333 e. The third-order valence-electron chi connectivity index (χ3n) is 4.09. The molecule has 0 aliphatic carbocycles. The average molecular weight is 391 g/mol. The predicted octanol–water partition coefficient (Wildman–Crippen LogP) is 4.12. The number of hydrogen-bond acceptors (Lipinski definition) is 1. The number of alkyl halides is 1. The van der Waals surface area contributed by atoms with Crippen molar-refractivity contribution in [3.63, 3.8) is 0 Å². The first-order valence-corrected chi connectivity index (χ1v) is 8.19. The van der Waals surface area contributed by atoms with Gasteiger partial charge in [-0.3, -0.25) is 4.79 Å². The van der Waals surface area contributed by atoms with Gasteiger partial charge in [-0.15, -0.1) is 0 Å². The van der Waals surface area contributed by atoms with Crippen LogP contribution < -0.4 is 0 Å². The van der Waals surface area contributed by atoms with Crippen LogP contribution in [0.5, 0.6) is 0 Å². The minimum Gasteiger partial charge on any atom is -0.333 e. The second-order valence-corrected chi connectivity index (χ2v) is 7.36. The molecule has 1 aromatic rings. The van der Waals surface area contributed by atoms with Gasteiger partial charge in [-0.1, -0.05) is 22.0 Å². The van der Waals surface area contributed by atoms with Gasteiger partial charge in [-0.25, -0.2) is 4.39 Å². The van der Waals surface area contributed by atoms with E-state index in [4.69, 9.17) is 0 Å². The summed E-state index contributed by atoms with van der Waals surface area (Å²) in [5.41, 5.74) is 0.435. The Hall–Kier alpha value is -0.420. The fourth-order valence-electron chi connectivity index (χ4n) is 3.25. The lowest BCUT2D eigenvalue weighted by atomic mass is 10.0. The summed E-state index contributed by atoms with van der Waals surface area (Å²) < 4.78 is 13.8. The quantitative estimate of drug-likeness (QED) is 0.660. The van der Waals surface area contributed by atoms with Gasteiger partial charge in [0.25, 0.3) is 5.91 Å². The highest BCUT2D eigenvalue weighted by atomic mass is 79.9. The summed E-state index contributed by atoms with van der Waals surface area (Å²) in [5.74, 6) is -0.424. The maximum Gasteiger partial charge on any atom is 0.255 e. The lowest BCUT2D eigenvalue weighted by molar-refractivity contribution is 0.0602. The Morgan fingerprint density at radius 2 is 1.89 bits per heavy atom. The van der Waals surface area contributed by atoms with Gasteiger partial charge in [-0.2, -0.15) is 0 Å². The van der Waals surface area contributed by atoms with Crippen molar-refractivity contribution in [3.8, 4) is 0 Å². The molecule has 2 saturated heterocycles. The van der Waals surface area contributed by atoms with E-state index in [9.17, 15) is 9.18 Å². The first kappa shape index (κ1) is 13.6. The maximum atomic E-state index is 13.6. The third kappa shape index (κ3) is 2.35. The van der Waals surface area contributed by atoms with Gasteiger partial charge in [0.2, 0.25) is 0 Å². The van der Waals surface area contributed by atoms with E-state index < -0.39 is 0 Å². The molecule has 2 heterocycles. The van der Waals surface area contributed by atoms with Crippen LogP contribution in [0.15, 0.2) is 22.7 Å². The summed E-state index contributed by atoms with van der Waals surface area (Å²) in [7, 11) is 0. The molecule has 0 spiro atoms. The number of halogens is 3. The molecule has 2 nitrogen and oxygen atoms in total. The van der Waals surface area contributed by atoms with Crippen LogP contribution in [0.4, 0.5) is 4.39 Å². The molecular formula is C14H14Br2FNO. The Bertz CT molecular complexity index is 508. The Morgan fingerprint density at radius 1 is 1.26 bits per heavy atom. The van der Waals surface area contributed by atoms with Crippen LogP contribution in [0.2, 0.25) is 0 Å². The second-order valence-electron chi connectivity index (χ2n) is 5.27. The SMILES string of the molecule is O=C(c1cccc(F)c1Br)N1C2CCC1CC(Br)C2. The first-order valence-electron chi connectivity index (χ1n) is 6.48. The highest BCUT2D eigenvalue weighted by Crippen LogP contribution is 2.40. The lowest BCUT2D eigenvalue weighted by Crippen LogP contribution is -2.47. The van der Waals surface area contributed by atoms with Gasteiger partial charge < -0.3 is 4.90 Å². The van der Waals surface area contributed by atoms with E-state index >= 15 is 0 Å². The van der Waals surface area contributed by atoms with E-state index in [2.05, 4.69) is 31.9 Å². The molecule has 3 rings (SSSR count).